The smallest absolute Gasteiger partial charge is 0.338 e. The first-order valence-electron chi connectivity index (χ1n) is 3.28. The molecular formula is C8H5BrN2O2. The lowest BCUT2D eigenvalue weighted by Gasteiger charge is -2.03. The first-order chi connectivity index (χ1) is 6.06. The summed E-state index contributed by atoms with van der Waals surface area (Å²) in [4.78, 5) is 10.6. The summed E-state index contributed by atoms with van der Waals surface area (Å²) in [6, 6.07) is 4.62. The molecule has 0 saturated carbocycles. The summed E-state index contributed by atoms with van der Waals surface area (Å²) in [5, 5.41) is 17.3. The molecule has 0 unspecified atom stereocenters. The number of hydrogen-bond donors (Lipinski definition) is 2. The third-order valence-electron chi connectivity index (χ3n) is 1.46. The maximum Gasteiger partial charge on any atom is 0.338 e. The molecule has 0 spiro atoms. The van der Waals surface area contributed by atoms with Crippen molar-refractivity contribution in [2.75, 3.05) is 5.73 Å². The minimum atomic E-state index is -1.12. The topological polar surface area (TPSA) is 87.1 Å². The first kappa shape index (κ1) is 9.55. The number of anilines is 1. The van der Waals surface area contributed by atoms with Crippen LogP contribution in [0.3, 0.4) is 0 Å². The van der Waals surface area contributed by atoms with Crippen LogP contribution < -0.4 is 5.73 Å². The van der Waals surface area contributed by atoms with Crippen LogP contribution in [0, 0.1) is 11.3 Å². The van der Waals surface area contributed by atoms with E-state index in [-0.39, 0.29) is 11.3 Å². The molecule has 66 valence electrons. The second-order valence-electron chi connectivity index (χ2n) is 2.34. The number of halogens is 1. The molecular weight excluding hydrogens is 236 g/mol. The van der Waals surface area contributed by atoms with Gasteiger partial charge in [0.1, 0.15) is 0 Å². The number of carboxylic acid groups (broad SMARTS) is 1. The van der Waals surface area contributed by atoms with Crippen molar-refractivity contribution in [2.24, 2.45) is 0 Å². The van der Waals surface area contributed by atoms with Crippen molar-refractivity contribution in [3.8, 4) is 6.07 Å². The maximum absolute atomic E-state index is 10.6. The summed E-state index contributed by atoms with van der Waals surface area (Å²) in [6.45, 7) is 0. The summed E-state index contributed by atoms with van der Waals surface area (Å²) in [7, 11) is 0. The predicted octanol–water partition coefficient (Wildman–Crippen LogP) is 1.60. The Balaban J connectivity index is 3.42. The highest BCUT2D eigenvalue weighted by molar-refractivity contribution is 9.10. The molecule has 3 N–H and O–H groups in total. The molecule has 0 aromatic heterocycles. The number of nitriles is 1. The zero-order valence-electron chi connectivity index (χ0n) is 6.41. The second-order valence-corrected chi connectivity index (χ2v) is 3.19. The van der Waals surface area contributed by atoms with E-state index in [0.717, 1.165) is 0 Å². The number of nitrogens with zero attached hydrogens (tertiary/aromatic N) is 1. The fraction of sp³-hybridized carbons (Fsp3) is 0. The van der Waals surface area contributed by atoms with Crippen molar-refractivity contribution in [3.63, 3.8) is 0 Å². The minimum Gasteiger partial charge on any atom is -0.478 e. The molecule has 0 aliphatic heterocycles. The maximum atomic E-state index is 10.6. The number of carbonyl (C=O) groups is 1. The molecule has 0 saturated heterocycles. The Morgan fingerprint density at radius 3 is 2.62 bits per heavy atom. The molecule has 13 heavy (non-hydrogen) atoms. The zero-order valence-corrected chi connectivity index (χ0v) is 8.00. The van der Waals surface area contributed by atoms with Gasteiger partial charge in [-0.05, 0) is 28.1 Å². The average Bonchev–Trinajstić information content (AvgIpc) is 2.02. The molecule has 0 atom stereocenters. The van der Waals surface area contributed by atoms with E-state index in [9.17, 15) is 4.79 Å². The fourth-order valence-electron chi connectivity index (χ4n) is 0.918. The monoisotopic (exact) mass is 240 g/mol. The molecule has 0 radical (unpaired) electrons. The second kappa shape index (κ2) is 3.46. The average molecular weight is 241 g/mol. The van der Waals surface area contributed by atoms with Crippen LogP contribution in [-0.4, -0.2) is 11.1 Å². The molecule has 1 aromatic carbocycles. The summed E-state index contributed by atoms with van der Waals surface area (Å²) >= 11 is 3.03. The number of hydrogen-bond acceptors (Lipinski definition) is 3. The largest absolute Gasteiger partial charge is 0.478 e. The van der Waals surface area contributed by atoms with Gasteiger partial charge in [-0.3, -0.25) is 0 Å². The Bertz CT molecular complexity index is 386. The highest BCUT2D eigenvalue weighted by Crippen LogP contribution is 2.24. The molecule has 0 aliphatic rings. The molecule has 5 heteroatoms. The van der Waals surface area contributed by atoms with Crippen LogP contribution in [0.4, 0.5) is 5.69 Å². The quantitative estimate of drug-likeness (QED) is 0.731. The van der Waals surface area contributed by atoms with E-state index in [4.69, 9.17) is 16.1 Å². The number of benzene rings is 1. The van der Waals surface area contributed by atoms with E-state index >= 15 is 0 Å². The van der Waals surface area contributed by atoms with Gasteiger partial charge in [0.15, 0.2) is 0 Å². The Kier molecular flexibility index (Phi) is 2.54. The predicted molar refractivity (Wildman–Crippen MR) is 50.2 cm³/mol. The standard InChI is InChI=1S/C8H5BrN2O2/c9-5-1-4(3-10)2-6(11)7(5)8(12)13/h1-2H,11H2,(H,12,13). The van der Waals surface area contributed by atoms with Crippen molar-refractivity contribution in [3.05, 3.63) is 27.7 Å². The first-order valence-corrected chi connectivity index (χ1v) is 4.08. The van der Waals surface area contributed by atoms with Crippen LogP contribution in [0.15, 0.2) is 16.6 Å². The highest BCUT2D eigenvalue weighted by atomic mass is 79.9. The van der Waals surface area contributed by atoms with Gasteiger partial charge >= 0.3 is 5.97 Å². The van der Waals surface area contributed by atoms with E-state index in [1.807, 2.05) is 6.07 Å². The van der Waals surface area contributed by atoms with Crippen LogP contribution in [0.5, 0.6) is 0 Å². The molecule has 1 rings (SSSR count). The molecule has 0 heterocycles. The van der Waals surface area contributed by atoms with Gasteiger partial charge in [-0.15, -0.1) is 0 Å². The van der Waals surface area contributed by atoms with E-state index in [2.05, 4.69) is 15.9 Å². The highest BCUT2D eigenvalue weighted by Gasteiger charge is 2.13. The SMILES string of the molecule is N#Cc1cc(N)c(C(=O)O)c(Br)c1. The van der Waals surface area contributed by atoms with E-state index in [0.29, 0.717) is 10.0 Å². The summed E-state index contributed by atoms with van der Waals surface area (Å²) in [6.07, 6.45) is 0. The molecule has 0 fully saturated rings. The number of carboxylic acids is 1. The van der Waals surface area contributed by atoms with Crippen LogP contribution in [0.2, 0.25) is 0 Å². The van der Waals surface area contributed by atoms with Crippen molar-refractivity contribution in [1.82, 2.24) is 0 Å². The van der Waals surface area contributed by atoms with Crippen molar-refractivity contribution in [1.29, 1.82) is 5.26 Å². The minimum absolute atomic E-state index is 0.0148. The van der Waals surface area contributed by atoms with Crippen LogP contribution >= 0.6 is 15.9 Å². The molecule has 1 aromatic rings. The van der Waals surface area contributed by atoms with E-state index < -0.39 is 5.97 Å². The van der Waals surface area contributed by atoms with Gasteiger partial charge in [-0.25, -0.2) is 4.79 Å². The Labute approximate surface area is 82.7 Å². The van der Waals surface area contributed by atoms with Gasteiger partial charge in [-0.2, -0.15) is 5.26 Å². The Hall–Kier alpha value is -1.54. The van der Waals surface area contributed by atoms with E-state index in [1.165, 1.54) is 12.1 Å². The summed E-state index contributed by atoms with van der Waals surface area (Å²) < 4.78 is 0.316. The fourth-order valence-corrected chi connectivity index (χ4v) is 1.56. The Morgan fingerprint density at radius 2 is 2.23 bits per heavy atom. The van der Waals surface area contributed by atoms with Gasteiger partial charge in [0.2, 0.25) is 0 Å². The third-order valence-corrected chi connectivity index (χ3v) is 2.09. The third kappa shape index (κ3) is 1.79. The Morgan fingerprint density at radius 1 is 1.62 bits per heavy atom. The molecule has 0 amide bonds. The number of nitrogen functional groups attached to an aromatic ring is 1. The normalized spacial score (nSPS) is 9.23. The number of rotatable bonds is 1. The number of aromatic carboxylic acids is 1. The summed E-state index contributed by atoms with van der Waals surface area (Å²) in [5.74, 6) is -1.12. The van der Waals surface area contributed by atoms with Gasteiger partial charge < -0.3 is 10.8 Å². The van der Waals surface area contributed by atoms with Gasteiger partial charge in [0.05, 0.1) is 17.2 Å². The van der Waals surface area contributed by atoms with Gasteiger partial charge in [0.25, 0.3) is 0 Å². The zero-order chi connectivity index (χ0) is 10.0. The lowest BCUT2D eigenvalue weighted by atomic mass is 10.1. The van der Waals surface area contributed by atoms with Crippen LogP contribution in [0.25, 0.3) is 0 Å². The van der Waals surface area contributed by atoms with Crippen molar-refractivity contribution < 1.29 is 9.90 Å². The van der Waals surface area contributed by atoms with Crippen LogP contribution in [-0.2, 0) is 0 Å². The lowest BCUT2D eigenvalue weighted by Crippen LogP contribution is -2.03. The lowest BCUT2D eigenvalue weighted by molar-refractivity contribution is 0.0697. The van der Waals surface area contributed by atoms with Crippen LogP contribution in [0.1, 0.15) is 15.9 Å². The van der Waals surface area contributed by atoms with Crippen molar-refractivity contribution in [2.45, 2.75) is 0 Å². The summed E-state index contributed by atoms with van der Waals surface area (Å²) in [5.41, 5.74) is 5.83. The van der Waals surface area contributed by atoms with Crippen molar-refractivity contribution >= 4 is 27.6 Å². The molecule has 0 bridgehead atoms. The van der Waals surface area contributed by atoms with Gasteiger partial charge in [-0.1, -0.05) is 0 Å². The molecule has 0 aliphatic carbocycles. The molecule has 4 nitrogen and oxygen atoms in total. The van der Waals surface area contributed by atoms with E-state index in [1.54, 1.807) is 0 Å². The number of nitrogens with two attached hydrogens (primary N) is 1. The van der Waals surface area contributed by atoms with Gasteiger partial charge in [0, 0.05) is 10.2 Å².